The van der Waals surface area contributed by atoms with E-state index in [1.54, 1.807) is 12.1 Å². The summed E-state index contributed by atoms with van der Waals surface area (Å²) in [6, 6.07) is 5.31. The van der Waals surface area contributed by atoms with Crippen LogP contribution in [0.1, 0.15) is 12.5 Å². The largest absolute Gasteiger partial charge is 0.507 e. The van der Waals surface area contributed by atoms with E-state index in [9.17, 15) is 9.50 Å². The van der Waals surface area contributed by atoms with Crippen LogP contribution in [0, 0.1) is 0 Å². The van der Waals surface area contributed by atoms with Crippen molar-refractivity contribution in [1.29, 1.82) is 0 Å². The maximum absolute atomic E-state index is 12.8. The van der Waals surface area contributed by atoms with E-state index in [1.165, 1.54) is 0 Å². The van der Waals surface area contributed by atoms with E-state index in [2.05, 4.69) is 11.6 Å². The molecule has 20 heavy (non-hydrogen) atoms. The van der Waals surface area contributed by atoms with Gasteiger partial charge in [0.1, 0.15) is 12.4 Å². The predicted molar refractivity (Wildman–Crippen MR) is 80.9 cm³/mol. The summed E-state index contributed by atoms with van der Waals surface area (Å²) in [6.07, 6.45) is 4.46. The minimum atomic E-state index is -0.368. The van der Waals surface area contributed by atoms with Crippen LogP contribution in [0.4, 0.5) is 4.39 Å². The highest BCUT2D eigenvalue weighted by Gasteiger charge is 2.14. The number of aromatic nitrogens is 1. The lowest BCUT2D eigenvalue weighted by Gasteiger charge is -2.25. The van der Waals surface area contributed by atoms with Gasteiger partial charge in [-0.2, -0.15) is 0 Å². The number of benzene rings is 1. The molecule has 0 bridgehead atoms. The van der Waals surface area contributed by atoms with Crippen molar-refractivity contribution in [3.05, 3.63) is 42.6 Å². The molecule has 4 heteroatoms. The molecule has 3 nitrogen and oxygen atoms in total. The zero-order valence-corrected chi connectivity index (χ0v) is 11.8. The van der Waals surface area contributed by atoms with Crippen LogP contribution in [-0.2, 0) is 6.42 Å². The minimum Gasteiger partial charge on any atom is -0.507 e. The number of nitrogens with one attached hydrogen (secondary N) is 1. The molecule has 0 aliphatic carbocycles. The van der Waals surface area contributed by atoms with Crippen LogP contribution in [0.2, 0.25) is 0 Å². The molecule has 1 aromatic carbocycles. The van der Waals surface area contributed by atoms with Gasteiger partial charge in [0.15, 0.2) is 0 Å². The summed E-state index contributed by atoms with van der Waals surface area (Å²) in [4.78, 5) is 5.20. The van der Waals surface area contributed by atoms with Crippen LogP contribution >= 0.6 is 0 Å². The van der Waals surface area contributed by atoms with Crippen LogP contribution in [-0.4, -0.2) is 40.8 Å². The van der Waals surface area contributed by atoms with E-state index in [-0.39, 0.29) is 18.5 Å². The summed E-state index contributed by atoms with van der Waals surface area (Å²) in [5.41, 5.74) is 1.98. The zero-order valence-electron chi connectivity index (χ0n) is 11.8. The Balaban J connectivity index is 2.13. The molecule has 1 atom stereocenters. The fourth-order valence-corrected chi connectivity index (χ4v) is 2.45. The molecule has 0 saturated heterocycles. The second-order valence-electron chi connectivity index (χ2n) is 5.05. The van der Waals surface area contributed by atoms with Gasteiger partial charge in [-0.15, -0.1) is 6.58 Å². The minimum absolute atomic E-state index is 0.119. The van der Waals surface area contributed by atoms with Crippen molar-refractivity contribution in [2.75, 3.05) is 19.8 Å². The van der Waals surface area contributed by atoms with Crippen molar-refractivity contribution in [3.8, 4) is 5.75 Å². The second-order valence-corrected chi connectivity index (χ2v) is 5.05. The fraction of sp³-hybridized carbons (Fsp3) is 0.375. The Morgan fingerprint density at radius 1 is 1.50 bits per heavy atom. The SMILES string of the molecule is C=CCN(CCc1c[nH]c2cccc(O)c12)C(C)CF. The number of phenols is 1. The molecule has 0 saturated carbocycles. The number of phenolic OH excluding ortho intramolecular Hbond substituents is 1. The average Bonchev–Trinajstić information content (AvgIpc) is 2.87. The monoisotopic (exact) mass is 276 g/mol. The molecule has 0 radical (unpaired) electrons. The highest BCUT2D eigenvalue weighted by Crippen LogP contribution is 2.27. The number of rotatable bonds is 7. The molecule has 108 valence electrons. The first-order valence-electron chi connectivity index (χ1n) is 6.86. The van der Waals surface area contributed by atoms with Crippen LogP contribution < -0.4 is 0 Å². The van der Waals surface area contributed by atoms with Gasteiger partial charge in [0.25, 0.3) is 0 Å². The van der Waals surface area contributed by atoms with Gasteiger partial charge < -0.3 is 10.1 Å². The van der Waals surface area contributed by atoms with Crippen LogP contribution in [0.15, 0.2) is 37.1 Å². The number of hydrogen-bond donors (Lipinski definition) is 2. The molecule has 0 aliphatic heterocycles. The highest BCUT2D eigenvalue weighted by molar-refractivity contribution is 5.88. The average molecular weight is 276 g/mol. The number of hydrogen-bond acceptors (Lipinski definition) is 2. The fourth-order valence-electron chi connectivity index (χ4n) is 2.45. The summed E-state index contributed by atoms with van der Waals surface area (Å²) in [7, 11) is 0. The second kappa shape index (κ2) is 6.57. The number of aromatic amines is 1. The lowest BCUT2D eigenvalue weighted by Crippen LogP contribution is -2.36. The summed E-state index contributed by atoms with van der Waals surface area (Å²) in [5.74, 6) is 0.285. The number of alkyl halides is 1. The molecular formula is C16H21FN2O. The Morgan fingerprint density at radius 2 is 2.30 bits per heavy atom. The third-order valence-electron chi connectivity index (χ3n) is 3.64. The Kier molecular flexibility index (Phi) is 4.79. The highest BCUT2D eigenvalue weighted by atomic mass is 19.1. The zero-order chi connectivity index (χ0) is 14.5. The van der Waals surface area contributed by atoms with Crippen molar-refractivity contribution < 1.29 is 9.50 Å². The number of H-pyrrole nitrogens is 1. The van der Waals surface area contributed by atoms with Gasteiger partial charge in [0.05, 0.1) is 0 Å². The summed E-state index contributed by atoms with van der Waals surface area (Å²) >= 11 is 0. The van der Waals surface area contributed by atoms with Gasteiger partial charge in [-0.1, -0.05) is 12.1 Å². The van der Waals surface area contributed by atoms with Crippen molar-refractivity contribution in [3.63, 3.8) is 0 Å². The van der Waals surface area contributed by atoms with E-state index in [1.807, 2.05) is 30.2 Å². The quantitative estimate of drug-likeness (QED) is 0.762. The summed E-state index contributed by atoms with van der Waals surface area (Å²) in [5, 5.41) is 10.8. The van der Waals surface area contributed by atoms with E-state index >= 15 is 0 Å². The molecule has 1 aromatic heterocycles. The molecule has 1 heterocycles. The maximum atomic E-state index is 12.8. The van der Waals surface area contributed by atoms with Gasteiger partial charge >= 0.3 is 0 Å². The predicted octanol–water partition coefficient (Wildman–Crippen LogP) is 3.26. The first-order chi connectivity index (χ1) is 9.67. The van der Waals surface area contributed by atoms with Gasteiger partial charge in [0.2, 0.25) is 0 Å². The standard InChI is InChI=1S/C16H21FN2O/c1-3-8-19(12(2)10-17)9-7-13-11-18-14-5-4-6-15(20)16(13)14/h3-6,11-12,18,20H,1,7-10H2,2H3. The van der Waals surface area contributed by atoms with Crippen LogP contribution in [0.5, 0.6) is 5.75 Å². The lowest BCUT2D eigenvalue weighted by molar-refractivity contribution is 0.198. The molecule has 0 fully saturated rings. The molecule has 1 unspecified atom stereocenters. The number of nitrogens with zero attached hydrogens (tertiary/aromatic N) is 1. The first kappa shape index (κ1) is 14.6. The molecule has 0 amide bonds. The normalized spacial score (nSPS) is 12.9. The van der Waals surface area contributed by atoms with Gasteiger partial charge in [0, 0.05) is 36.2 Å². The molecule has 2 rings (SSSR count). The molecule has 0 spiro atoms. The number of fused-ring (bicyclic) bond motifs is 1. The molecule has 2 N–H and O–H groups in total. The van der Waals surface area contributed by atoms with Crippen molar-refractivity contribution >= 4 is 10.9 Å². The number of aromatic hydroxyl groups is 1. The summed E-state index contributed by atoms with van der Waals surface area (Å²) in [6.45, 7) is 6.62. The van der Waals surface area contributed by atoms with Crippen LogP contribution in [0.25, 0.3) is 10.9 Å². The van der Waals surface area contributed by atoms with Gasteiger partial charge in [-0.3, -0.25) is 4.90 Å². The van der Waals surface area contributed by atoms with Crippen molar-refractivity contribution in [2.24, 2.45) is 0 Å². The van der Waals surface area contributed by atoms with Crippen molar-refractivity contribution in [2.45, 2.75) is 19.4 Å². The summed E-state index contributed by atoms with van der Waals surface area (Å²) < 4.78 is 12.8. The van der Waals surface area contributed by atoms with E-state index in [4.69, 9.17) is 0 Å². The van der Waals surface area contributed by atoms with Crippen molar-refractivity contribution in [1.82, 2.24) is 9.88 Å². The maximum Gasteiger partial charge on any atom is 0.125 e. The van der Waals surface area contributed by atoms with Crippen LogP contribution in [0.3, 0.4) is 0 Å². The van der Waals surface area contributed by atoms with Gasteiger partial charge in [-0.25, -0.2) is 4.39 Å². The van der Waals surface area contributed by atoms with Gasteiger partial charge in [-0.05, 0) is 31.0 Å². The third kappa shape index (κ3) is 3.02. The third-order valence-corrected chi connectivity index (χ3v) is 3.64. The van der Waals surface area contributed by atoms with E-state index in [0.717, 1.165) is 29.4 Å². The smallest absolute Gasteiger partial charge is 0.125 e. The molecule has 2 aromatic rings. The Morgan fingerprint density at radius 3 is 3.00 bits per heavy atom. The van der Waals surface area contributed by atoms with E-state index in [0.29, 0.717) is 6.54 Å². The number of halogens is 1. The molecular weight excluding hydrogens is 255 g/mol. The topological polar surface area (TPSA) is 39.3 Å². The first-order valence-corrected chi connectivity index (χ1v) is 6.86. The molecule has 0 aliphatic rings. The lowest BCUT2D eigenvalue weighted by atomic mass is 10.1. The Hall–Kier alpha value is -1.81. The Bertz CT molecular complexity index is 579. The Labute approximate surface area is 118 Å². The van der Waals surface area contributed by atoms with E-state index < -0.39 is 0 Å².